The highest BCUT2D eigenvalue weighted by Gasteiger charge is 2.23. The molecule has 2 aromatic rings. The number of hydrogen-bond acceptors (Lipinski definition) is 3. The van der Waals surface area contributed by atoms with Crippen molar-refractivity contribution in [2.75, 3.05) is 5.73 Å². The van der Waals surface area contributed by atoms with Crippen LogP contribution in [-0.2, 0) is 6.42 Å². The number of anilines is 1. The predicted molar refractivity (Wildman–Crippen MR) is 97.7 cm³/mol. The van der Waals surface area contributed by atoms with Gasteiger partial charge in [0.25, 0.3) is 5.91 Å². The number of amides is 1. The van der Waals surface area contributed by atoms with Crippen molar-refractivity contribution in [3.63, 3.8) is 0 Å². The average Bonchev–Trinajstić information content (AvgIpc) is 2.54. The van der Waals surface area contributed by atoms with Gasteiger partial charge in [-0.25, -0.2) is 0 Å². The summed E-state index contributed by atoms with van der Waals surface area (Å²) in [4.78, 5) is 24.3. The lowest BCUT2D eigenvalue weighted by atomic mass is 9.87. The average molecular weight is 345 g/mol. The maximum absolute atomic E-state index is 12.6. The lowest BCUT2D eigenvalue weighted by Crippen LogP contribution is -2.31. The molecule has 24 heavy (non-hydrogen) atoms. The molecule has 5 heteroatoms. The minimum Gasteiger partial charge on any atom is -0.399 e. The SMILES string of the molecule is CC(=O)c1ccccc1C(=O)NC1CCCc2cc(N)ccc21.Cl. The summed E-state index contributed by atoms with van der Waals surface area (Å²) in [6, 6.07) is 12.7. The topological polar surface area (TPSA) is 72.2 Å². The minimum atomic E-state index is -0.203. The van der Waals surface area contributed by atoms with E-state index >= 15 is 0 Å². The molecule has 0 saturated carbocycles. The van der Waals surface area contributed by atoms with E-state index in [1.807, 2.05) is 18.2 Å². The van der Waals surface area contributed by atoms with E-state index in [-0.39, 0.29) is 30.1 Å². The molecule has 4 nitrogen and oxygen atoms in total. The number of rotatable bonds is 3. The number of nitrogen functional groups attached to an aromatic ring is 1. The molecule has 0 aromatic heterocycles. The Morgan fingerprint density at radius 2 is 1.83 bits per heavy atom. The highest BCUT2D eigenvalue weighted by atomic mass is 35.5. The molecule has 3 N–H and O–H groups in total. The Hall–Kier alpha value is -2.33. The zero-order valence-corrected chi connectivity index (χ0v) is 14.4. The molecule has 126 valence electrons. The van der Waals surface area contributed by atoms with Gasteiger partial charge in [-0.15, -0.1) is 12.4 Å². The Labute approximate surface area is 147 Å². The molecule has 1 aliphatic rings. The van der Waals surface area contributed by atoms with E-state index in [1.54, 1.807) is 24.3 Å². The Balaban J connectivity index is 0.00000208. The Morgan fingerprint density at radius 1 is 1.12 bits per heavy atom. The lowest BCUT2D eigenvalue weighted by Gasteiger charge is -2.27. The fourth-order valence-corrected chi connectivity index (χ4v) is 3.21. The summed E-state index contributed by atoms with van der Waals surface area (Å²) < 4.78 is 0. The van der Waals surface area contributed by atoms with Gasteiger partial charge in [0, 0.05) is 11.3 Å². The quantitative estimate of drug-likeness (QED) is 0.658. The first-order valence-corrected chi connectivity index (χ1v) is 7.85. The summed E-state index contributed by atoms with van der Waals surface area (Å²) in [6.07, 6.45) is 2.89. The van der Waals surface area contributed by atoms with Crippen LogP contribution >= 0.6 is 12.4 Å². The van der Waals surface area contributed by atoms with Gasteiger partial charge in [0.15, 0.2) is 5.78 Å². The number of carbonyl (C=O) groups excluding carboxylic acids is 2. The van der Waals surface area contributed by atoms with Crippen molar-refractivity contribution in [2.45, 2.75) is 32.2 Å². The zero-order chi connectivity index (χ0) is 16.4. The number of fused-ring (bicyclic) bond motifs is 1. The van der Waals surface area contributed by atoms with Gasteiger partial charge in [-0.3, -0.25) is 9.59 Å². The van der Waals surface area contributed by atoms with Crippen molar-refractivity contribution in [1.29, 1.82) is 0 Å². The molecule has 1 amide bonds. The van der Waals surface area contributed by atoms with Crippen LogP contribution < -0.4 is 11.1 Å². The number of ketones is 1. The van der Waals surface area contributed by atoms with Crippen LogP contribution in [-0.4, -0.2) is 11.7 Å². The van der Waals surface area contributed by atoms with Crippen LogP contribution in [0.4, 0.5) is 5.69 Å². The van der Waals surface area contributed by atoms with Crippen molar-refractivity contribution in [2.24, 2.45) is 0 Å². The van der Waals surface area contributed by atoms with Crippen molar-refractivity contribution >= 4 is 29.8 Å². The zero-order valence-electron chi connectivity index (χ0n) is 13.5. The molecule has 0 saturated heterocycles. The Morgan fingerprint density at radius 3 is 2.54 bits per heavy atom. The summed E-state index contributed by atoms with van der Waals surface area (Å²) in [6.45, 7) is 1.48. The molecule has 1 aliphatic carbocycles. The summed E-state index contributed by atoms with van der Waals surface area (Å²) in [7, 11) is 0. The third kappa shape index (κ3) is 3.60. The molecule has 1 unspecified atom stereocenters. The van der Waals surface area contributed by atoms with E-state index in [0.29, 0.717) is 11.1 Å². The highest BCUT2D eigenvalue weighted by Crippen LogP contribution is 2.31. The van der Waals surface area contributed by atoms with E-state index in [4.69, 9.17) is 5.73 Å². The second-order valence-corrected chi connectivity index (χ2v) is 5.98. The van der Waals surface area contributed by atoms with Crippen molar-refractivity contribution in [1.82, 2.24) is 5.32 Å². The molecule has 2 aromatic carbocycles. The Kier molecular flexibility index (Phi) is 5.62. The molecule has 0 heterocycles. The number of nitrogens with one attached hydrogen (secondary N) is 1. The van der Waals surface area contributed by atoms with E-state index < -0.39 is 0 Å². The molecular weight excluding hydrogens is 324 g/mol. The summed E-state index contributed by atoms with van der Waals surface area (Å²) in [5, 5.41) is 3.07. The van der Waals surface area contributed by atoms with Gasteiger partial charge in [-0.05, 0) is 55.5 Å². The van der Waals surface area contributed by atoms with Gasteiger partial charge in [-0.2, -0.15) is 0 Å². The van der Waals surface area contributed by atoms with Gasteiger partial charge in [-0.1, -0.05) is 24.3 Å². The molecule has 0 bridgehead atoms. The van der Waals surface area contributed by atoms with Crippen LogP contribution in [0.1, 0.15) is 57.7 Å². The van der Waals surface area contributed by atoms with Crippen LogP contribution in [0.3, 0.4) is 0 Å². The van der Waals surface area contributed by atoms with Gasteiger partial charge >= 0.3 is 0 Å². The molecule has 0 spiro atoms. The molecule has 0 fully saturated rings. The monoisotopic (exact) mass is 344 g/mol. The van der Waals surface area contributed by atoms with Gasteiger partial charge in [0.1, 0.15) is 0 Å². The second-order valence-electron chi connectivity index (χ2n) is 5.98. The number of nitrogens with two attached hydrogens (primary N) is 1. The number of halogens is 1. The summed E-state index contributed by atoms with van der Waals surface area (Å²) >= 11 is 0. The fraction of sp³-hybridized carbons (Fsp3) is 0.263. The first kappa shape index (κ1) is 18.0. The van der Waals surface area contributed by atoms with E-state index in [1.165, 1.54) is 12.5 Å². The smallest absolute Gasteiger partial charge is 0.252 e. The van der Waals surface area contributed by atoms with Gasteiger partial charge in [0.2, 0.25) is 0 Å². The van der Waals surface area contributed by atoms with E-state index in [2.05, 4.69) is 5.32 Å². The van der Waals surface area contributed by atoms with Crippen LogP contribution in [0.2, 0.25) is 0 Å². The number of hydrogen-bond donors (Lipinski definition) is 2. The van der Waals surface area contributed by atoms with Crippen LogP contribution in [0.5, 0.6) is 0 Å². The number of benzene rings is 2. The van der Waals surface area contributed by atoms with Crippen LogP contribution in [0.15, 0.2) is 42.5 Å². The lowest BCUT2D eigenvalue weighted by molar-refractivity contribution is 0.0920. The Bertz CT molecular complexity index is 774. The normalized spacial score (nSPS) is 15.8. The number of aryl methyl sites for hydroxylation is 1. The fourth-order valence-electron chi connectivity index (χ4n) is 3.21. The van der Waals surface area contributed by atoms with Crippen LogP contribution in [0.25, 0.3) is 0 Å². The number of carbonyl (C=O) groups is 2. The summed E-state index contributed by atoms with van der Waals surface area (Å²) in [5.74, 6) is -0.307. The maximum atomic E-state index is 12.6. The molecule has 0 radical (unpaired) electrons. The van der Waals surface area contributed by atoms with Crippen LogP contribution in [0, 0.1) is 0 Å². The second kappa shape index (κ2) is 7.49. The van der Waals surface area contributed by atoms with Crippen molar-refractivity contribution in [3.8, 4) is 0 Å². The number of Topliss-reactive ketones (excluding diaryl/α,β-unsaturated/α-hetero) is 1. The molecular formula is C19H21ClN2O2. The first-order chi connectivity index (χ1) is 11.1. The molecule has 3 rings (SSSR count). The summed E-state index contributed by atoms with van der Waals surface area (Å²) in [5.41, 5.74) is 9.81. The van der Waals surface area contributed by atoms with Crippen molar-refractivity contribution in [3.05, 3.63) is 64.7 Å². The largest absolute Gasteiger partial charge is 0.399 e. The predicted octanol–water partition coefficient (Wildman–Crippen LogP) is 3.70. The minimum absolute atomic E-state index is 0. The maximum Gasteiger partial charge on any atom is 0.252 e. The molecule has 0 aliphatic heterocycles. The third-order valence-corrected chi connectivity index (χ3v) is 4.34. The molecule has 1 atom stereocenters. The van der Waals surface area contributed by atoms with E-state index in [9.17, 15) is 9.59 Å². The van der Waals surface area contributed by atoms with Gasteiger partial charge < -0.3 is 11.1 Å². The van der Waals surface area contributed by atoms with Crippen molar-refractivity contribution < 1.29 is 9.59 Å². The van der Waals surface area contributed by atoms with E-state index in [0.717, 1.165) is 30.5 Å². The van der Waals surface area contributed by atoms with Gasteiger partial charge in [0.05, 0.1) is 11.6 Å². The first-order valence-electron chi connectivity index (χ1n) is 7.85. The third-order valence-electron chi connectivity index (χ3n) is 4.34. The highest BCUT2D eigenvalue weighted by molar-refractivity contribution is 6.07. The standard InChI is InChI=1S/C19H20N2O2.ClH/c1-12(22)15-6-2-3-7-17(15)19(23)21-18-8-4-5-13-11-14(20)9-10-16(13)18;/h2-3,6-7,9-11,18H,4-5,8,20H2,1H3,(H,21,23);1H.